The molecule has 0 radical (unpaired) electrons. The van der Waals surface area contributed by atoms with E-state index in [2.05, 4.69) is 15.0 Å². The molecule has 0 aliphatic rings. The third-order valence-electron chi connectivity index (χ3n) is 3.72. The van der Waals surface area contributed by atoms with Crippen LogP contribution in [0, 0.1) is 0 Å². The zero-order chi connectivity index (χ0) is 17.7. The molecule has 2 rings (SSSR count). The second-order valence-electron chi connectivity index (χ2n) is 5.74. The molecule has 0 fully saturated rings. The summed E-state index contributed by atoms with van der Waals surface area (Å²) in [6.07, 6.45) is 3.71. The number of hydrogen-bond donors (Lipinski definition) is 3. The highest BCUT2D eigenvalue weighted by molar-refractivity contribution is 7.90. The quantitative estimate of drug-likeness (QED) is 0.575. The SMILES string of the molecule is CCOCCc1nc(N)c2nc(O)[nH]c2c1CCCCS(C)(=O)=O. The second-order valence-corrected chi connectivity index (χ2v) is 8.00. The molecule has 4 N–H and O–H groups in total. The molecule has 0 unspecified atom stereocenters. The number of sulfone groups is 1. The second kappa shape index (κ2) is 7.80. The molecule has 24 heavy (non-hydrogen) atoms. The van der Waals surface area contributed by atoms with Gasteiger partial charge in [0.15, 0.2) is 5.82 Å². The zero-order valence-electron chi connectivity index (χ0n) is 14.0. The van der Waals surface area contributed by atoms with Crippen molar-refractivity contribution in [3.8, 4) is 6.01 Å². The number of aromatic nitrogens is 3. The van der Waals surface area contributed by atoms with Crippen LogP contribution >= 0.6 is 0 Å². The number of nitrogens with zero attached hydrogens (tertiary/aromatic N) is 2. The summed E-state index contributed by atoms with van der Waals surface area (Å²) in [5.41, 5.74) is 8.72. The van der Waals surface area contributed by atoms with Gasteiger partial charge in [-0.3, -0.25) is 0 Å². The molecule has 0 amide bonds. The maximum atomic E-state index is 11.2. The molecule has 0 spiro atoms. The standard InChI is InChI=1S/C15H24N4O4S/c1-3-23-8-7-11-10(6-4-5-9-24(2,21)22)12-13(14(16)17-11)19-15(20)18-12/h3-9H2,1-2H3,(H2,16,17)(H2,18,19,20). The maximum Gasteiger partial charge on any atom is 0.292 e. The molecule has 0 saturated heterocycles. The zero-order valence-corrected chi connectivity index (χ0v) is 14.8. The van der Waals surface area contributed by atoms with E-state index in [0.29, 0.717) is 49.9 Å². The molecule has 9 heteroatoms. The Morgan fingerprint density at radius 1 is 1.25 bits per heavy atom. The summed E-state index contributed by atoms with van der Waals surface area (Å²) < 4.78 is 27.9. The molecule has 134 valence electrons. The first-order chi connectivity index (χ1) is 11.3. The number of pyridine rings is 1. The number of nitrogens with two attached hydrogens (primary N) is 1. The Bertz CT molecular complexity index is 801. The van der Waals surface area contributed by atoms with Gasteiger partial charge in [-0.15, -0.1) is 0 Å². The van der Waals surface area contributed by atoms with E-state index in [1.807, 2.05) is 6.92 Å². The van der Waals surface area contributed by atoms with Gasteiger partial charge in [-0.05, 0) is 31.7 Å². The van der Waals surface area contributed by atoms with E-state index >= 15 is 0 Å². The Balaban J connectivity index is 2.25. The molecule has 0 aliphatic heterocycles. The molecule has 0 atom stereocenters. The molecule has 0 aromatic carbocycles. The molecular formula is C15H24N4O4S. The van der Waals surface area contributed by atoms with Crippen LogP contribution < -0.4 is 5.73 Å². The van der Waals surface area contributed by atoms with E-state index in [1.54, 1.807) is 0 Å². The summed E-state index contributed by atoms with van der Waals surface area (Å²) in [5.74, 6) is 0.411. The van der Waals surface area contributed by atoms with Gasteiger partial charge >= 0.3 is 0 Å². The van der Waals surface area contributed by atoms with Crippen LogP contribution in [0.15, 0.2) is 0 Å². The Morgan fingerprint density at radius 2 is 2.00 bits per heavy atom. The smallest absolute Gasteiger partial charge is 0.292 e. The molecule has 8 nitrogen and oxygen atoms in total. The van der Waals surface area contributed by atoms with Gasteiger partial charge in [0.2, 0.25) is 0 Å². The van der Waals surface area contributed by atoms with Crippen molar-refractivity contribution in [1.82, 2.24) is 15.0 Å². The van der Waals surface area contributed by atoms with E-state index in [1.165, 1.54) is 6.26 Å². The lowest BCUT2D eigenvalue weighted by atomic mass is 10.0. The number of nitrogen functional groups attached to an aromatic ring is 1. The average molecular weight is 356 g/mol. The fourth-order valence-electron chi connectivity index (χ4n) is 2.63. The number of unbranched alkanes of at least 4 members (excludes halogenated alkanes) is 1. The van der Waals surface area contributed by atoms with Crippen molar-refractivity contribution in [1.29, 1.82) is 0 Å². The first-order valence-electron chi connectivity index (χ1n) is 7.93. The van der Waals surface area contributed by atoms with E-state index in [4.69, 9.17) is 10.5 Å². The lowest BCUT2D eigenvalue weighted by Gasteiger charge is -2.11. The Labute approximate surface area is 141 Å². The number of ether oxygens (including phenoxy) is 1. The molecule has 0 bridgehead atoms. The summed E-state index contributed by atoms with van der Waals surface area (Å²) in [6, 6.07) is -0.210. The number of aromatic hydroxyl groups is 1. The van der Waals surface area contributed by atoms with E-state index in [-0.39, 0.29) is 17.6 Å². The fraction of sp³-hybridized carbons (Fsp3) is 0.600. The summed E-state index contributed by atoms with van der Waals surface area (Å²) in [7, 11) is -2.97. The van der Waals surface area contributed by atoms with Gasteiger partial charge < -0.3 is 20.6 Å². The number of fused-ring (bicyclic) bond motifs is 1. The van der Waals surface area contributed by atoms with Crippen molar-refractivity contribution in [3.63, 3.8) is 0 Å². The lowest BCUT2D eigenvalue weighted by Crippen LogP contribution is -2.08. The van der Waals surface area contributed by atoms with E-state index in [9.17, 15) is 13.5 Å². The van der Waals surface area contributed by atoms with E-state index in [0.717, 1.165) is 11.3 Å². The van der Waals surface area contributed by atoms with Gasteiger partial charge in [0.1, 0.15) is 15.4 Å². The summed E-state index contributed by atoms with van der Waals surface area (Å²) in [4.78, 5) is 11.2. The predicted octanol–water partition coefficient (Wildman–Crippen LogP) is 1.19. The number of H-pyrrole nitrogens is 1. The van der Waals surface area contributed by atoms with Crippen LogP contribution in [0.5, 0.6) is 6.01 Å². The minimum absolute atomic E-state index is 0.154. The summed E-state index contributed by atoms with van der Waals surface area (Å²) >= 11 is 0. The van der Waals surface area contributed by atoms with Gasteiger partial charge in [0.25, 0.3) is 6.01 Å². The molecular weight excluding hydrogens is 332 g/mol. The number of anilines is 1. The largest absolute Gasteiger partial charge is 0.480 e. The number of nitrogens with one attached hydrogen (secondary N) is 1. The molecule has 2 aromatic rings. The lowest BCUT2D eigenvalue weighted by molar-refractivity contribution is 0.150. The molecule has 2 heterocycles. The van der Waals surface area contributed by atoms with Gasteiger partial charge in [-0.1, -0.05) is 0 Å². The topological polar surface area (TPSA) is 131 Å². The number of aromatic amines is 1. The van der Waals surface area contributed by atoms with Crippen LogP contribution in [0.3, 0.4) is 0 Å². The van der Waals surface area contributed by atoms with Gasteiger partial charge in [0, 0.05) is 25.0 Å². The molecule has 0 saturated carbocycles. The minimum atomic E-state index is -2.97. The van der Waals surface area contributed by atoms with Crippen LogP contribution in [0.1, 0.15) is 31.0 Å². The predicted molar refractivity (Wildman–Crippen MR) is 92.8 cm³/mol. The fourth-order valence-corrected chi connectivity index (χ4v) is 3.36. The van der Waals surface area contributed by atoms with Crippen molar-refractivity contribution in [2.75, 3.05) is 31.0 Å². The van der Waals surface area contributed by atoms with Crippen LogP contribution in [0.25, 0.3) is 11.0 Å². The highest BCUT2D eigenvalue weighted by Gasteiger charge is 2.16. The van der Waals surface area contributed by atoms with Crippen molar-refractivity contribution in [2.45, 2.75) is 32.6 Å². The number of aryl methyl sites for hydroxylation is 1. The third-order valence-corrected chi connectivity index (χ3v) is 4.75. The highest BCUT2D eigenvalue weighted by Crippen LogP contribution is 2.27. The van der Waals surface area contributed by atoms with Crippen molar-refractivity contribution >= 4 is 26.7 Å². The number of hydrogen-bond acceptors (Lipinski definition) is 7. The van der Waals surface area contributed by atoms with Gasteiger partial charge in [-0.25, -0.2) is 13.4 Å². The monoisotopic (exact) mass is 356 g/mol. The molecule has 2 aromatic heterocycles. The van der Waals surface area contributed by atoms with Gasteiger partial charge in [-0.2, -0.15) is 4.98 Å². The van der Waals surface area contributed by atoms with Crippen LogP contribution in [-0.2, 0) is 27.4 Å². The van der Waals surface area contributed by atoms with E-state index < -0.39 is 9.84 Å². The molecule has 0 aliphatic carbocycles. The van der Waals surface area contributed by atoms with Crippen molar-refractivity contribution in [3.05, 3.63) is 11.3 Å². The van der Waals surface area contributed by atoms with Crippen LogP contribution in [-0.4, -0.2) is 53.7 Å². The van der Waals surface area contributed by atoms with Crippen molar-refractivity contribution < 1.29 is 18.3 Å². The Kier molecular flexibility index (Phi) is 6.00. The summed E-state index contributed by atoms with van der Waals surface area (Å²) in [6.45, 7) is 3.06. The van der Waals surface area contributed by atoms with Gasteiger partial charge in [0.05, 0.1) is 17.8 Å². The first kappa shape index (κ1) is 18.5. The Hall–Kier alpha value is -1.87. The third kappa shape index (κ3) is 4.81. The highest BCUT2D eigenvalue weighted by atomic mass is 32.2. The number of imidazole rings is 1. The van der Waals surface area contributed by atoms with Crippen molar-refractivity contribution in [2.24, 2.45) is 0 Å². The Morgan fingerprint density at radius 3 is 2.67 bits per heavy atom. The normalized spacial score (nSPS) is 12.1. The van der Waals surface area contributed by atoms with Crippen LogP contribution in [0.2, 0.25) is 0 Å². The van der Waals surface area contributed by atoms with Crippen LogP contribution in [0.4, 0.5) is 5.82 Å². The minimum Gasteiger partial charge on any atom is -0.480 e. The maximum absolute atomic E-state index is 11.2. The average Bonchev–Trinajstić information content (AvgIpc) is 2.87. The number of rotatable bonds is 9. The summed E-state index contributed by atoms with van der Waals surface area (Å²) in [5, 5.41) is 9.63. The first-order valence-corrected chi connectivity index (χ1v) is 9.99.